The number of ether oxygens (including phenoxy) is 2. The van der Waals surface area contributed by atoms with Crippen molar-refractivity contribution in [3.8, 4) is 11.5 Å². The number of likely N-dealkylation sites (N-methyl/N-ethyl adjacent to an activating group) is 1. The van der Waals surface area contributed by atoms with Crippen LogP contribution in [0.2, 0.25) is 0 Å². The molecule has 0 atom stereocenters. The van der Waals surface area contributed by atoms with Crippen molar-refractivity contribution < 1.29 is 35.1 Å². The fraction of sp³-hybridized carbons (Fsp3) is 0.333. The molecule has 29 heavy (non-hydrogen) atoms. The van der Waals surface area contributed by atoms with E-state index in [0.29, 0.717) is 17.9 Å². The van der Waals surface area contributed by atoms with Crippen LogP contribution in [-0.2, 0) is 26.3 Å². The van der Waals surface area contributed by atoms with E-state index in [1.165, 1.54) is 21.3 Å². The van der Waals surface area contributed by atoms with Gasteiger partial charge in [-0.15, -0.1) is 0 Å². The molecule has 0 saturated heterocycles. The summed E-state index contributed by atoms with van der Waals surface area (Å²) in [4.78, 5) is -0.833. The Kier molecular flexibility index (Phi) is 7.20. The minimum absolute atomic E-state index is 0.134. The molecule has 0 aromatic heterocycles. The van der Waals surface area contributed by atoms with Crippen LogP contribution in [0.5, 0.6) is 11.5 Å². The van der Waals surface area contributed by atoms with E-state index >= 15 is 0 Å². The Bertz CT molecular complexity index is 1050. The Morgan fingerprint density at radius 1 is 0.897 bits per heavy atom. The minimum atomic E-state index is -4.78. The highest BCUT2D eigenvalue weighted by molar-refractivity contribution is 7.91. The van der Waals surface area contributed by atoms with Gasteiger partial charge in [0.05, 0.1) is 24.0 Å². The second-order valence-electron chi connectivity index (χ2n) is 6.04. The number of benzene rings is 2. The molecule has 0 unspecified atom stereocenters. The number of rotatable bonds is 9. The molecule has 2 aromatic carbocycles. The van der Waals surface area contributed by atoms with E-state index in [9.17, 15) is 25.6 Å². The van der Waals surface area contributed by atoms with Crippen LogP contribution in [0, 0.1) is 0 Å². The van der Waals surface area contributed by atoms with Gasteiger partial charge >= 0.3 is 5.76 Å². The van der Waals surface area contributed by atoms with E-state index in [-0.39, 0.29) is 11.4 Å². The fourth-order valence-corrected chi connectivity index (χ4v) is 4.42. The van der Waals surface area contributed by atoms with Gasteiger partial charge in [-0.1, -0.05) is 6.07 Å². The standard InChI is InChI=1S/C18H21F2NO6S2/c1-21(11-10-13-4-9-16(26-2)17(12-13)27-3)29(24,25)15-7-5-14(6-8-15)28(22,23)18(19)20/h4-9,12,18H,10-11H2,1-3H3. The molecule has 0 aliphatic heterocycles. The summed E-state index contributed by atoms with van der Waals surface area (Å²) in [5.41, 5.74) is 0.822. The lowest BCUT2D eigenvalue weighted by Crippen LogP contribution is -2.29. The number of alkyl halides is 2. The minimum Gasteiger partial charge on any atom is -0.493 e. The van der Waals surface area contributed by atoms with Crippen LogP contribution in [-0.4, -0.2) is 54.7 Å². The Balaban J connectivity index is 2.15. The highest BCUT2D eigenvalue weighted by Crippen LogP contribution is 2.28. The third kappa shape index (κ3) is 5.03. The van der Waals surface area contributed by atoms with Gasteiger partial charge in [0.15, 0.2) is 11.5 Å². The van der Waals surface area contributed by atoms with Crippen LogP contribution in [0.25, 0.3) is 0 Å². The monoisotopic (exact) mass is 449 g/mol. The predicted molar refractivity (Wildman–Crippen MR) is 103 cm³/mol. The Labute approximate surface area is 168 Å². The summed E-state index contributed by atoms with van der Waals surface area (Å²) < 4.78 is 84.9. The summed E-state index contributed by atoms with van der Waals surface area (Å²) in [6.45, 7) is 0.134. The quantitative estimate of drug-likeness (QED) is 0.585. The summed E-state index contributed by atoms with van der Waals surface area (Å²) in [5.74, 6) is -2.50. The molecule has 7 nitrogen and oxygen atoms in total. The first-order chi connectivity index (χ1) is 13.5. The third-order valence-electron chi connectivity index (χ3n) is 4.26. The number of hydrogen-bond acceptors (Lipinski definition) is 6. The summed E-state index contributed by atoms with van der Waals surface area (Å²) in [6.07, 6.45) is 0.383. The molecule has 0 spiro atoms. The summed E-state index contributed by atoms with van der Waals surface area (Å²) in [7, 11) is -4.33. The van der Waals surface area contributed by atoms with Crippen molar-refractivity contribution in [2.75, 3.05) is 27.8 Å². The van der Waals surface area contributed by atoms with Gasteiger partial charge in [-0.25, -0.2) is 21.1 Å². The van der Waals surface area contributed by atoms with Crippen LogP contribution in [0.4, 0.5) is 8.78 Å². The Morgan fingerprint density at radius 3 is 1.97 bits per heavy atom. The number of methoxy groups -OCH3 is 2. The average Bonchev–Trinajstić information content (AvgIpc) is 2.71. The first-order valence-corrected chi connectivity index (χ1v) is 11.3. The van der Waals surface area contributed by atoms with E-state index in [1.54, 1.807) is 18.2 Å². The molecule has 0 aliphatic rings. The molecule has 11 heteroatoms. The van der Waals surface area contributed by atoms with Gasteiger partial charge in [-0.05, 0) is 48.4 Å². The van der Waals surface area contributed by atoms with E-state index < -0.39 is 30.5 Å². The van der Waals surface area contributed by atoms with Gasteiger partial charge in [-0.3, -0.25) is 0 Å². The second kappa shape index (κ2) is 9.06. The van der Waals surface area contributed by atoms with Crippen LogP contribution in [0.3, 0.4) is 0 Å². The van der Waals surface area contributed by atoms with Gasteiger partial charge in [0, 0.05) is 13.6 Å². The molecule has 0 aliphatic carbocycles. The van der Waals surface area contributed by atoms with Crippen LogP contribution >= 0.6 is 0 Å². The molecule has 0 N–H and O–H groups in total. The molecule has 0 fully saturated rings. The lowest BCUT2D eigenvalue weighted by Gasteiger charge is -2.18. The molecular formula is C18H21F2NO6S2. The maximum Gasteiger partial charge on any atom is 0.341 e. The maximum absolute atomic E-state index is 12.7. The number of hydrogen-bond donors (Lipinski definition) is 0. The molecule has 0 radical (unpaired) electrons. The van der Waals surface area contributed by atoms with Gasteiger partial charge in [-0.2, -0.15) is 8.78 Å². The highest BCUT2D eigenvalue weighted by Gasteiger charge is 2.27. The van der Waals surface area contributed by atoms with Gasteiger partial charge in [0.1, 0.15) is 0 Å². The molecule has 160 valence electrons. The fourth-order valence-electron chi connectivity index (χ4n) is 2.53. The highest BCUT2D eigenvalue weighted by atomic mass is 32.2. The SMILES string of the molecule is COc1ccc(CCN(C)S(=O)(=O)c2ccc(S(=O)(=O)C(F)F)cc2)cc1OC. The smallest absolute Gasteiger partial charge is 0.341 e. The number of sulfone groups is 1. The normalized spacial score (nSPS) is 12.4. The number of nitrogens with zero attached hydrogens (tertiary/aromatic N) is 1. The lowest BCUT2D eigenvalue weighted by molar-refractivity contribution is 0.234. The largest absolute Gasteiger partial charge is 0.493 e. The summed E-state index contributed by atoms with van der Waals surface area (Å²) in [6, 6.07) is 8.95. The van der Waals surface area contributed by atoms with E-state index in [2.05, 4.69) is 0 Å². The summed E-state index contributed by atoms with van der Waals surface area (Å²) >= 11 is 0. The molecule has 2 aromatic rings. The molecule has 0 bridgehead atoms. The second-order valence-corrected chi connectivity index (χ2v) is 10.0. The first-order valence-electron chi connectivity index (χ1n) is 8.33. The first kappa shape index (κ1) is 23.0. The van der Waals surface area contributed by atoms with Gasteiger partial charge in [0.25, 0.3) is 0 Å². The lowest BCUT2D eigenvalue weighted by atomic mass is 10.1. The number of sulfonamides is 1. The van der Waals surface area contributed by atoms with Crippen molar-refractivity contribution in [3.63, 3.8) is 0 Å². The average molecular weight is 449 g/mol. The zero-order valence-corrected chi connectivity index (χ0v) is 17.6. The van der Waals surface area contributed by atoms with E-state index in [0.717, 1.165) is 34.1 Å². The molecule has 0 amide bonds. The van der Waals surface area contributed by atoms with Gasteiger partial charge < -0.3 is 9.47 Å². The maximum atomic E-state index is 12.7. The van der Waals surface area contributed by atoms with E-state index in [1.807, 2.05) is 0 Å². The zero-order chi connectivity index (χ0) is 21.8. The van der Waals surface area contributed by atoms with Crippen molar-refractivity contribution in [1.82, 2.24) is 4.31 Å². The van der Waals surface area contributed by atoms with Crippen molar-refractivity contribution in [3.05, 3.63) is 48.0 Å². The van der Waals surface area contributed by atoms with Crippen molar-refractivity contribution >= 4 is 19.9 Å². The molecule has 2 rings (SSSR count). The predicted octanol–water partition coefficient (Wildman–Crippen LogP) is 2.56. The third-order valence-corrected chi connectivity index (χ3v) is 7.53. The van der Waals surface area contributed by atoms with Crippen LogP contribution in [0.1, 0.15) is 5.56 Å². The summed E-state index contributed by atoms with van der Waals surface area (Å²) in [5, 5.41) is 0. The molecular weight excluding hydrogens is 428 g/mol. The topological polar surface area (TPSA) is 90.0 Å². The van der Waals surface area contributed by atoms with Crippen LogP contribution in [0.15, 0.2) is 52.3 Å². The molecule has 0 heterocycles. The van der Waals surface area contributed by atoms with Crippen molar-refractivity contribution in [2.24, 2.45) is 0 Å². The number of halogens is 2. The van der Waals surface area contributed by atoms with Crippen molar-refractivity contribution in [2.45, 2.75) is 22.0 Å². The van der Waals surface area contributed by atoms with Crippen molar-refractivity contribution in [1.29, 1.82) is 0 Å². The van der Waals surface area contributed by atoms with Crippen LogP contribution < -0.4 is 9.47 Å². The van der Waals surface area contributed by atoms with E-state index in [4.69, 9.17) is 9.47 Å². The molecule has 0 saturated carbocycles. The Hall–Kier alpha value is -2.24. The Morgan fingerprint density at radius 2 is 1.45 bits per heavy atom. The zero-order valence-electron chi connectivity index (χ0n) is 16.0. The van der Waals surface area contributed by atoms with Gasteiger partial charge in [0.2, 0.25) is 19.9 Å².